The first kappa shape index (κ1) is 21.5. The van der Waals surface area contributed by atoms with Crippen molar-refractivity contribution in [1.82, 2.24) is 0 Å². The molecule has 1 fully saturated rings. The number of amides is 2. The fourth-order valence-electron chi connectivity index (χ4n) is 2.99. The molecule has 2 amide bonds. The van der Waals surface area contributed by atoms with E-state index in [1.54, 1.807) is 24.3 Å². The van der Waals surface area contributed by atoms with Gasteiger partial charge < -0.3 is 10.6 Å². The lowest BCUT2D eigenvalue weighted by Crippen LogP contribution is -2.15. The fraction of sp³-hybridized carbons (Fsp3) is 0.130. The second-order valence-corrected chi connectivity index (χ2v) is 9.12. The fourth-order valence-corrected chi connectivity index (χ4v) is 4.04. The Kier molecular flexibility index (Phi) is 5.91. The first-order valence-corrected chi connectivity index (χ1v) is 11.4. The summed E-state index contributed by atoms with van der Waals surface area (Å²) in [5.41, 5.74) is 1.58. The number of carbonyl (C=O) groups is 2. The quantitative estimate of drug-likeness (QED) is 0.498. The zero-order valence-corrected chi connectivity index (χ0v) is 17.7. The van der Waals surface area contributed by atoms with E-state index < -0.39 is 21.7 Å². The molecule has 3 aromatic carbocycles. The topological polar surface area (TPSA) is 104 Å². The highest BCUT2D eigenvalue weighted by Gasteiger charge is 2.29. The van der Waals surface area contributed by atoms with E-state index in [1.165, 1.54) is 36.4 Å². The second kappa shape index (κ2) is 8.80. The van der Waals surface area contributed by atoms with Crippen molar-refractivity contribution in [3.63, 3.8) is 0 Å². The number of rotatable bonds is 7. The van der Waals surface area contributed by atoms with Crippen LogP contribution >= 0.6 is 0 Å². The van der Waals surface area contributed by atoms with Crippen molar-refractivity contribution >= 4 is 38.9 Å². The van der Waals surface area contributed by atoms with E-state index in [0.717, 1.165) is 25.0 Å². The highest BCUT2D eigenvalue weighted by Crippen LogP contribution is 2.30. The van der Waals surface area contributed by atoms with Gasteiger partial charge in [-0.2, -0.15) is 0 Å². The van der Waals surface area contributed by atoms with E-state index in [0.29, 0.717) is 11.4 Å². The summed E-state index contributed by atoms with van der Waals surface area (Å²) >= 11 is 0. The molecule has 164 valence electrons. The summed E-state index contributed by atoms with van der Waals surface area (Å²) in [4.78, 5) is 24.4. The van der Waals surface area contributed by atoms with Gasteiger partial charge in [0.05, 0.1) is 4.90 Å². The molecule has 0 saturated heterocycles. The standard InChI is InChI=1S/C23H20FN3O4S/c24-17-8-10-18(11-9-17)27-32(30,31)21-12-6-16(7-13-21)23(29)26-20-3-1-2-19(14-20)25-22(28)15-4-5-15/h1-3,6-15,27H,4-5H2,(H,25,28)(H,26,29). The Hall–Kier alpha value is -3.72. The number of sulfonamides is 1. The van der Waals surface area contributed by atoms with Crippen molar-refractivity contribution in [3.05, 3.63) is 84.2 Å². The van der Waals surface area contributed by atoms with Gasteiger partial charge in [0.1, 0.15) is 5.82 Å². The van der Waals surface area contributed by atoms with Gasteiger partial charge in [-0.05, 0) is 79.6 Å². The molecule has 3 aromatic rings. The number of halogens is 1. The van der Waals surface area contributed by atoms with E-state index in [1.807, 2.05) is 0 Å². The average molecular weight is 453 g/mol. The molecule has 7 nitrogen and oxygen atoms in total. The molecule has 0 aromatic heterocycles. The zero-order chi connectivity index (χ0) is 22.7. The van der Waals surface area contributed by atoms with Crippen molar-refractivity contribution in [1.29, 1.82) is 0 Å². The molecule has 3 N–H and O–H groups in total. The normalized spacial score (nSPS) is 13.3. The van der Waals surface area contributed by atoms with Gasteiger partial charge in [0.25, 0.3) is 15.9 Å². The molecule has 1 saturated carbocycles. The van der Waals surface area contributed by atoms with Crippen molar-refractivity contribution in [2.75, 3.05) is 15.4 Å². The summed E-state index contributed by atoms with van der Waals surface area (Å²) in [6, 6.07) is 17.2. The number of carbonyl (C=O) groups excluding carboxylic acids is 2. The second-order valence-electron chi connectivity index (χ2n) is 7.44. The Bertz CT molecular complexity index is 1260. The van der Waals surface area contributed by atoms with Crippen LogP contribution in [-0.4, -0.2) is 20.2 Å². The van der Waals surface area contributed by atoms with Gasteiger partial charge in [-0.15, -0.1) is 0 Å². The molecular weight excluding hydrogens is 433 g/mol. The maximum atomic E-state index is 13.0. The molecular formula is C23H20FN3O4S. The van der Waals surface area contributed by atoms with E-state index in [4.69, 9.17) is 0 Å². The maximum absolute atomic E-state index is 13.0. The largest absolute Gasteiger partial charge is 0.326 e. The van der Waals surface area contributed by atoms with Gasteiger partial charge in [-0.25, -0.2) is 12.8 Å². The lowest BCUT2D eigenvalue weighted by molar-refractivity contribution is -0.117. The van der Waals surface area contributed by atoms with Crippen molar-refractivity contribution in [2.24, 2.45) is 5.92 Å². The number of nitrogens with one attached hydrogen (secondary N) is 3. The Morgan fingerprint density at radius 2 is 1.44 bits per heavy atom. The van der Waals surface area contributed by atoms with Gasteiger partial charge in [0.15, 0.2) is 0 Å². The minimum Gasteiger partial charge on any atom is -0.326 e. The SMILES string of the molecule is O=C(Nc1cccc(NC(=O)C2CC2)c1)c1ccc(S(=O)(=O)Nc2ccc(F)cc2)cc1. The summed E-state index contributed by atoms with van der Waals surface area (Å²) in [6.07, 6.45) is 1.79. The van der Waals surface area contributed by atoms with Crippen LogP contribution < -0.4 is 15.4 Å². The predicted molar refractivity (Wildman–Crippen MR) is 119 cm³/mol. The number of hydrogen-bond donors (Lipinski definition) is 3. The van der Waals surface area contributed by atoms with Gasteiger partial charge in [0.2, 0.25) is 5.91 Å². The maximum Gasteiger partial charge on any atom is 0.261 e. The summed E-state index contributed by atoms with van der Waals surface area (Å²) in [7, 11) is -3.89. The zero-order valence-electron chi connectivity index (χ0n) is 16.8. The Morgan fingerprint density at radius 3 is 2.06 bits per heavy atom. The third kappa shape index (κ3) is 5.30. The van der Waals surface area contributed by atoms with Crippen LogP contribution in [0.1, 0.15) is 23.2 Å². The smallest absolute Gasteiger partial charge is 0.261 e. The predicted octanol–water partition coefficient (Wildman–Crippen LogP) is 4.23. The Balaban J connectivity index is 1.41. The van der Waals surface area contributed by atoms with Gasteiger partial charge in [-0.1, -0.05) is 6.07 Å². The van der Waals surface area contributed by atoms with Crippen LogP contribution in [-0.2, 0) is 14.8 Å². The van der Waals surface area contributed by atoms with Crippen LogP contribution in [0.5, 0.6) is 0 Å². The molecule has 0 radical (unpaired) electrons. The highest BCUT2D eigenvalue weighted by atomic mass is 32.2. The summed E-state index contributed by atoms with van der Waals surface area (Å²) in [5, 5.41) is 5.55. The van der Waals surface area contributed by atoms with Crippen LogP contribution in [0.2, 0.25) is 0 Å². The number of anilines is 3. The van der Waals surface area contributed by atoms with Crippen molar-refractivity contribution in [3.8, 4) is 0 Å². The van der Waals surface area contributed by atoms with Gasteiger partial charge in [-0.3, -0.25) is 14.3 Å². The number of hydrogen-bond acceptors (Lipinski definition) is 4. The van der Waals surface area contributed by atoms with Crippen LogP contribution in [0.25, 0.3) is 0 Å². The molecule has 0 bridgehead atoms. The minimum atomic E-state index is -3.89. The first-order chi connectivity index (χ1) is 15.3. The van der Waals surface area contributed by atoms with E-state index >= 15 is 0 Å². The van der Waals surface area contributed by atoms with E-state index in [2.05, 4.69) is 15.4 Å². The summed E-state index contributed by atoms with van der Waals surface area (Å²) in [5.74, 6) is -0.856. The molecule has 4 rings (SSSR count). The minimum absolute atomic E-state index is 0.0282. The molecule has 0 unspecified atom stereocenters. The Labute approximate surface area is 184 Å². The lowest BCUT2D eigenvalue weighted by Gasteiger charge is -2.10. The lowest BCUT2D eigenvalue weighted by atomic mass is 10.2. The molecule has 0 spiro atoms. The van der Waals surface area contributed by atoms with Crippen LogP contribution in [0.3, 0.4) is 0 Å². The van der Waals surface area contributed by atoms with Crippen molar-refractivity contribution in [2.45, 2.75) is 17.7 Å². The molecule has 32 heavy (non-hydrogen) atoms. The third-order valence-corrected chi connectivity index (χ3v) is 6.26. The molecule has 9 heteroatoms. The van der Waals surface area contributed by atoms with Crippen molar-refractivity contribution < 1.29 is 22.4 Å². The Morgan fingerprint density at radius 1 is 0.812 bits per heavy atom. The highest BCUT2D eigenvalue weighted by molar-refractivity contribution is 7.92. The van der Waals surface area contributed by atoms with Gasteiger partial charge >= 0.3 is 0 Å². The van der Waals surface area contributed by atoms with Crippen LogP contribution in [0, 0.1) is 11.7 Å². The summed E-state index contributed by atoms with van der Waals surface area (Å²) in [6.45, 7) is 0. The average Bonchev–Trinajstić information content (AvgIpc) is 3.61. The molecule has 1 aliphatic carbocycles. The van der Waals surface area contributed by atoms with Crippen LogP contribution in [0.4, 0.5) is 21.5 Å². The first-order valence-electron chi connectivity index (χ1n) is 9.91. The van der Waals surface area contributed by atoms with Crippen LogP contribution in [0.15, 0.2) is 77.7 Å². The molecule has 0 atom stereocenters. The number of benzene rings is 3. The summed E-state index contributed by atoms with van der Waals surface area (Å²) < 4.78 is 40.3. The monoisotopic (exact) mass is 453 g/mol. The van der Waals surface area contributed by atoms with Gasteiger partial charge in [0, 0.05) is 28.5 Å². The van der Waals surface area contributed by atoms with E-state index in [9.17, 15) is 22.4 Å². The molecule has 0 aliphatic heterocycles. The molecule has 1 aliphatic rings. The molecule has 0 heterocycles. The third-order valence-electron chi connectivity index (χ3n) is 4.86. The van der Waals surface area contributed by atoms with E-state index in [-0.39, 0.29) is 28.0 Å².